The maximum atomic E-state index is 14.6. The second-order valence-corrected chi connectivity index (χ2v) is 35.8. The van der Waals surface area contributed by atoms with Gasteiger partial charge >= 0.3 is 25.1 Å². The molecule has 430 valence electrons. The molecule has 23 nitrogen and oxygen atoms in total. The number of ether oxygens (including phenoxy) is 3. The Labute approximate surface area is 451 Å². The lowest BCUT2D eigenvalue weighted by atomic mass is 9.89. The summed E-state index contributed by atoms with van der Waals surface area (Å²) in [5.74, 6) is -0.549. The van der Waals surface area contributed by atoms with E-state index in [0.717, 1.165) is 14.5 Å². The van der Waals surface area contributed by atoms with Crippen LogP contribution in [0.5, 0.6) is 5.75 Å². The number of benzene rings is 1. The van der Waals surface area contributed by atoms with Gasteiger partial charge in [0, 0.05) is 43.0 Å². The summed E-state index contributed by atoms with van der Waals surface area (Å²) in [6, 6.07) is 7.01. The van der Waals surface area contributed by atoms with E-state index in [2.05, 4.69) is 25.9 Å². The average Bonchev–Trinajstić information content (AvgIpc) is 3.93. The number of hydrogen-bond acceptors (Lipinski definition) is 18. The van der Waals surface area contributed by atoms with Crippen LogP contribution in [0.4, 0.5) is 0 Å². The summed E-state index contributed by atoms with van der Waals surface area (Å²) in [4.78, 5) is 67.9. The van der Waals surface area contributed by atoms with Gasteiger partial charge in [-0.1, -0.05) is 72.6 Å². The normalized spacial score (nSPS) is 24.9. The van der Waals surface area contributed by atoms with Crippen LogP contribution in [0.15, 0.2) is 73.0 Å². The molecule has 27 heteroatoms. The lowest BCUT2D eigenvalue weighted by Crippen LogP contribution is -2.59. The molecule has 0 bridgehead atoms. The molecule has 6 rings (SSSR count). The molecule has 5 heterocycles. The van der Waals surface area contributed by atoms with Crippen molar-refractivity contribution in [3.8, 4) is 5.75 Å². The van der Waals surface area contributed by atoms with Gasteiger partial charge in [-0.2, -0.15) is 13.5 Å². The van der Waals surface area contributed by atoms with Crippen LogP contribution in [0.3, 0.4) is 0 Å². The lowest BCUT2D eigenvalue weighted by Gasteiger charge is -2.43. The zero-order chi connectivity index (χ0) is 57.4. The Morgan fingerprint density at radius 1 is 0.870 bits per heavy atom. The number of aliphatic hydroxyl groups excluding tert-OH is 1. The zero-order valence-electron chi connectivity index (χ0n) is 46.7. The first kappa shape index (κ1) is 61.9. The zero-order valence-corrected chi connectivity index (χ0v) is 50.4. The monoisotopic (exact) mass is 1150 g/mol. The number of aromatic nitrogens is 4. The van der Waals surface area contributed by atoms with Gasteiger partial charge in [0.2, 0.25) is 0 Å². The van der Waals surface area contributed by atoms with Crippen molar-refractivity contribution in [2.75, 3.05) is 20.3 Å². The average molecular weight is 1160 g/mol. The topological polar surface area (TPSA) is 288 Å². The molecule has 3 aliphatic heterocycles. The van der Waals surface area contributed by atoms with Crippen LogP contribution < -0.4 is 37.8 Å². The highest BCUT2D eigenvalue weighted by molar-refractivity contribution is 7.90. The molecule has 4 N–H and O–H groups in total. The van der Waals surface area contributed by atoms with Crippen molar-refractivity contribution in [1.82, 2.24) is 23.4 Å². The van der Waals surface area contributed by atoms with Gasteiger partial charge in [0.1, 0.15) is 36.3 Å². The molecule has 1 aromatic carbocycles. The lowest BCUT2D eigenvalue weighted by molar-refractivity contribution is -0.142. The number of esters is 1. The molecule has 2 fully saturated rings. The Balaban J connectivity index is 1.16. The number of rotatable bonds is 22. The molecular weight excluding hydrogens is 1080 g/mol. The molecule has 2 saturated heterocycles. The molecule has 0 radical (unpaired) electrons. The maximum Gasteiger partial charge on any atom is 0.459 e. The Morgan fingerprint density at radius 3 is 1.94 bits per heavy atom. The Bertz CT molecular complexity index is 3080. The largest absolute Gasteiger partial charge is 0.468 e. The van der Waals surface area contributed by atoms with Crippen LogP contribution in [0.25, 0.3) is 0 Å². The van der Waals surface area contributed by atoms with Gasteiger partial charge in [0.05, 0.1) is 37.5 Å². The van der Waals surface area contributed by atoms with Gasteiger partial charge in [-0.05, 0) is 82.0 Å². The van der Waals surface area contributed by atoms with E-state index in [9.17, 15) is 42.1 Å². The number of carbonyl (C=O) groups is 1. The summed E-state index contributed by atoms with van der Waals surface area (Å²) < 4.78 is 93.7. The van der Waals surface area contributed by atoms with E-state index in [-0.39, 0.29) is 53.7 Å². The van der Waals surface area contributed by atoms with E-state index in [0.29, 0.717) is 25.7 Å². The van der Waals surface area contributed by atoms with Crippen molar-refractivity contribution in [2.24, 2.45) is 5.73 Å². The molecular formula is C50H79N6O17PSSi2. The van der Waals surface area contributed by atoms with E-state index in [1.54, 1.807) is 44.2 Å². The highest BCUT2D eigenvalue weighted by Gasteiger charge is 2.67. The fourth-order valence-electron chi connectivity index (χ4n) is 8.79. The summed E-state index contributed by atoms with van der Waals surface area (Å²) >= 11 is 0. The molecule has 1 spiro atoms. The van der Waals surface area contributed by atoms with E-state index >= 15 is 0 Å². The Morgan fingerprint density at radius 2 is 1.42 bits per heavy atom. The van der Waals surface area contributed by atoms with Crippen LogP contribution in [-0.2, 0) is 64.3 Å². The minimum Gasteiger partial charge on any atom is -0.468 e. The molecule has 0 saturated carbocycles. The highest BCUT2D eigenvalue weighted by atomic mass is 32.2. The number of aliphatic hydroxyl groups is 1. The van der Waals surface area contributed by atoms with Gasteiger partial charge in [-0.15, -0.1) is 0 Å². The number of para-hydroxylation sites is 1. The third-order valence-electron chi connectivity index (χ3n) is 15.4. The van der Waals surface area contributed by atoms with Crippen LogP contribution in [0.2, 0.25) is 36.3 Å². The SMILES string of the molecule is COC(=O)C(C)NP(=O)(OCC1OC(n2cc(C)c(=O)n(CCCCCCn3c(=O)c(C)cn(C4OC(CO[Si](C)(C)C(C)(C)C)C5(OS(=O)(=O)C=C5N)C4O[Si](C)(C)C(C)(C)C)c3=O)c2=O)CC1O)Oc1ccccc1. The third kappa shape index (κ3) is 13.5. The van der Waals surface area contributed by atoms with Crippen LogP contribution >= 0.6 is 7.75 Å². The standard InChI is InChI=1S/C50H79N6O17PSSi2/c1-32-27-55(40-26-36(57)37(69-40)29-67-74(63,52-34(3)45(60)66-10)71-35-22-18-17-19-23-35)46(61)53(42(32)58)24-20-15-16-21-25-54-43(59)33(2)28-56(47(54)62)44-41(72-77(13,14)49(7,8)9)50(38(51)31-75(64,65)73-50)39(70-44)30-68-76(11,12)48(4,5)6/h17-19,22-23,27-28,31,34,36-37,39-41,44,57H,15-16,20-21,24-26,29-30,51H2,1-14H3,(H,52,63). The second kappa shape index (κ2) is 23.4. The third-order valence-corrected chi connectivity index (χ3v) is 27.0. The first-order valence-electron chi connectivity index (χ1n) is 25.8. The number of unbranched alkanes of at least 4 members (excludes halogenated alkanes) is 3. The van der Waals surface area contributed by atoms with Crippen molar-refractivity contribution in [2.45, 2.75) is 192 Å². The molecule has 9 atom stereocenters. The van der Waals surface area contributed by atoms with Crippen LogP contribution in [-0.4, -0.2) is 111 Å². The van der Waals surface area contributed by atoms with Crippen molar-refractivity contribution < 1.29 is 59.2 Å². The van der Waals surface area contributed by atoms with Crippen molar-refractivity contribution in [3.05, 3.63) is 107 Å². The molecule has 3 aliphatic rings. The summed E-state index contributed by atoms with van der Waals surface area (Å²) in [6.07, 6.45) is -2.72. The quantitative estimate of drug-likeness (QED) is 0.0372. The van der Waals surface area contributed by atoms with E-state index < -0.39 is 123 Å². The number of nitrogens with two attached hydrogens (primary N) is 1. The molecule has 3 aromatic rings. The summed E-state index contributed by atoms with van der Waals surface area (Å²) in [6.45, 7) is 24.2. The van der Waals surface area contributed by atoms with Crippen molar-refractivity contribution in [1.29, 1.82) is 0 Å². The van der Waals surface area contributed by atoms with E-state index in [1.807, 2.05) is 47.0 Å². The number of methoxy groups -OCH3 is 1. The van der Waals surface area contributed by atoms with Gasteiger partial charge in [0.25, 0.3) is 21.2 Å². The van der Waals surface area contributed by atoms with Gasteiger partial charge < -0.3 is 38.4 Å². The number of aryl methyl sites for hydroxylation is 2. The smallest absolute Gasteiger partial charge is 0.459 e. The number of nitrogens with zero attached hydrogens (tertiary/aromatic N) is 4. The van der Waals surface area contributed by atoms with Gasteiger partial charge in [-0.3, -0.25) is 37.2 Å². The molecule has 2 aromatic heterocycles. The predicted molar refractivity (Wildman–Crippen MR) is 292 cm³/mol. The van der Waals surface area contributed by atoms with Crippen LogP contribution in [0.1, 0.15) is 104 Å². The summed E-state index contributed by atoms with van der Waals surface area (Å²) in [5, 5.41) is 13.8. The molecule has 0 aliphatic carbocycles. The Hall–Kier alpha value is -4.32. The van der Waals surface area contributed by atoms with Crippen molar-refractivity contribution >= 4 is 40.5 Å². The number of nitrogens with one attached hydrogen (secondary N) is 1. The second-order valence-electron chi connectivity index (χ2n) is 23.2. The van der Waals surface area contributed by atoms with Crippen molar-refractivity contribution in [3.63, 3.8) is 0 Å². The first-order chi connectivity index (χ1) is 35.6. The molecule has 0 amide bonds. The minimum atomic E-state index is -4.34. The number of hydrogen-bond donors (Lipinski definition) is 3. The Kier molecular flexibility index (Phi) is 18.8. The molecule has 9 unspecified atom stereocenters. The molecule has 77 heavy (non-hydrogen) atoms. The highest BCUT2D eigenvalue weighted by Crippen LogP contribution is 2.52. The maximum absolute atomic E-state index is 14.6. The predicted octanol–water partition coefficient (Wildman–Crippen LogP) is 5.42. The van der Waals surface area contributed by atoms with Gasteiger partial charge in [0.15, 0.2) is 28.5 Å². The summed E-state index contributed by atoms with van der Waals surface area (Å²) in [5.41, 5.74) is 2.59. The first-order valence-corrected chi connectivity index (χ1v) is 34.7. The van der Waals surface area contributed by atoms with Gasteiger partial charge in [-0.25, -0.2) is 18.3 Å². The van der Waals surface area contributed by atoms with E-state index in [1.165, 1.54) is 35.6 Å². The summed E-state index contributed by atoms with van der Waals surface area (Å²) in [7, 11) is -12.8. The number of carbonyl (C=O) groups excluding carboxylic acids is 1. The van der Waals surface area contributed by atoms with Crippen LogP contribution in [0, 0.1) is 13.8 Å². The van der Waals surface area contributed by atoms with E-state index in [4.69, 9.17) is 42.0 Å². The fraction of sp³-hybridized carbons (Fsp3) is 0.660. The fourth-order valence-corrected chi connectivity index (χ4v) is 13.8. The minimum absolute atomic E-state index is 0.00652.